The molecule has 1 heterocycles. The summed E-state index contributed by atoms with van der Waals surface area (Å²) in [6.45, 7) is 2.03. The molecule has 0 fully saturated rings. The summed E-state index contributed by atoms with van der Waals surface area (Å²) in [6.07, 6.45) is 3.28. The number of pyridine rings is 1. The van der Waals surface area contributed by atoms with Crippen molar-refractivity contribution in [2.45, 2.75) is 18.4 Å². The van der Waals surface area contributed by atoms with Gasteiger partial charge in [-0.05, 0) is 42.3 Å². The lowest BCUT2D eigenvalue weighted by atomic mass is 10.2. The van der Waals surface area contributed by atoms with Gasteiger partial charge < -0.3 is 5.73 Å². The smallest absolute Gasteiger partial charge is 0.242 e. The molecule has 106 valence electrons. The fourth-order valence-electron chi connectivity index (χ4n) is 1.67. The summed E-state index contributed by atoms with van der Waals surface area (Å²) in [5, 5.41) is 0.317. The predicted octanol–water partition coefficient (Wildman–Crippen LogP) is 2.10. The first-order valence-corrected chi connectivity index (χ1v) is 7.70. The van der Waals surface area contributed by atoms with Crippen LogP contribution in [0.1, 0.15) is 11.1 Å². The van der Waals surface area contributed by atoms with E-state index in [2.05, 4.69) is 9.71 Å². The van der Waals surface area contributed by atoms with Gasteiger partial charge in [-0.15, -0.1) is 0 Å². The molecule has 0 aliphatic carbocycles. The fourth-order valence-corrected chi connectivity index (χ4v) is 3.07. The molecule has 0 radical (unpaired) electrons. The van der Waals surface area contributed by atoms with Crippen molar-refractivity contribution >= 4 is 27.3 Å². The lowest BCUT2D eigenvalue weighted by Gasteiger charge is -2.10. The number of hydrogen-bond acceptors (Lipinski definition) is 4. The maximum absolute atomic E-state index is 12.2. The summed E-state index contributed by atoms with van der Waals surface area (Å²) in [6, 6.07) is 6.15. The largest absolute Gasteiger partial charge is 0.398 e. The van der Waals surface area contributed by atoms with Crippen LogP contribution in [0.5, 0.6) is 0 Å². The van der Waals surface area contributed by atoms with Gasteiger partial charge in [0.25, 0.3) is 0 Å². The number of halogens is 1. The number of rotatable bonds is 4. The Morgan fingerprint density at radius 1 is 1.35 bits per heavy atom. The summed E-state index contributed by atoms with van der Waals surface area (Å²) in [5.41, 5.74) is 7.60. The SMILES string of the molecule is Cc1ccncc1CNS(=O)(=O)c1cc(Cl)ccc1N. The van der Waals surface area contributed by atoms with Crippen molar-refractivity contribution in [1.82, 2.24) is 9.71 Å². The van der Waals surface area contributed by atoms with Crippen LogP contribution in [0.25, 0.3) is 0 Å². The average Bonchev–Trinajstić information content (AvgIpc) is 2.40. The van der Waals surface area contributed by atoms with Crippen molar-refractivity contribution < 1.29 is 8.42 Å². The molecule has 1 aromatic heterocycles. The molecule has 5 nitrogen and oxygen atoms in total. The van der Waals surface area contributed by atoms with Gasteiger partial charge in [-0.2, -0.15) is 0 Å². The zero-order chi connectivity index (χ0) is 14.8. The minimum absolute atomic E-state index is 0.0217. The molecule has 3 N–H and O–H groups in total. The van der Waals surface area contributed by atoms with E-state index < -0.39 is 10.0 Å². The molecule has 1 aromatic carbocycles. The molecule has 0 amide bonds. The Hall–Kier alpha value is -1.63. The number of nitrogen functional groups attached to an aromatic ring is 1. The second kappa shape index (κ2) is 5.78. The summed E-state index contributed by atoms with van der Waals surface area (Å²) >= 11 is 5.81. The van der Waals surface area contributed by atoms with E-state index in [-0.39, 0.29) is 17.1 Å². The zero-order valence-corrected chi connectivity index (χ0v) is 12.4. The highest BCUT2D eigenvalue weighted by Gasteiger charge is 2.17. The van der Waals surface area contributed by atoms with Gasteiger partial charge in [-0.25, -0.2) is 13.1 Å². The normalized spacial score (nSPS) is 11.5. The van der Waals surface area contributed by atoms with E-state index in [0.717, 1.165) is 11.1 Å². The first-order chi connectivity index (χ1) is 9.40. The van der Waals surface area contributed by atoms with Crippen LogP contribution in [0.3, 0.4) is 0 Å². The number of sulfonamides is 1. The molecule has 20 heavy (non-hydrogen) atoms. The Kier molecular flexibility index (Phi) is 4.27. The van der Waals surface area contributed by atoms with Crippen molar-refractivity contribution in [3.05, 3.63) is 52.8 Å². The molecule has 7 heteroatoms. The van der Waals surface area contributed by atoms with Crippen LogP contribution in [0.15, 0.2) is 41.6 Å². The molecule has 2 rings (SSSR count). The van der Waals surface area contributed by atoms with Gasteiger partial charge in [-0.1, -0.05) is 11.6 Å². The highest BCUT2D eigenvalue weighted by molar-refractivity contribution is 7.89. The van der Waals surface area contributed by atoms with Crippen LogP contribution in [-0.4, -0.2) is 13.4 Å². The highest BCUT2D eigenvalue weighted by atomic mass is 35.5. The lowest BCUT2D eigenvalue weighted by molar-refractivity contribution is 0.581. The van der Waals surface area contributed by atoms with E-state index in [1.54, 1.807) is 18.5 Å². The third kappa shape index (κ3) is 3.27. The summed E-state index contributed by atoms with van der Waals surface area (Å²) in [7, 11) is -3.72. The molecule has 0 saturated carbocycles. The number of hydrogen-bond donors (Lipinski definition) is 2. The van der Waals surface area contributed by atoms with Gasteiger partial charge in [0.15, 0.2) is 0 Å². The van der Waals surface area contributed by atoms with Crippen molar-refractivity contribution in [3.8, 4) is 0 Å². The van der Waals surface area contributed by atoms with Gasteiger partial charge in [-0.3, -0.25) is 4.98 Å². The van der Waals surface area contributed by atoms with E-state index in [9.17, 15) is 8.42 Å². The lowest BCUT2D eigenvalue weighted by Crippen LogP contribution is -2.24. The monoisotopic (exact) mass is 311 g/mol. The maximum atomic E-state index is 12.2. The van der Waals surface area contributed by atoms with Crippen LogP contribution in [0.2, 0.25) is 5.02 Å². The van der Waals surface area contributed by atoms with Gasteiger partial charge in [0.05, 0.1) is 5.69 Å². The molecule has 0 bridgehead atoms. The van der Waals surface area contributed by atoms with Crippen molar-refractivity contribution in [3.63, 3.8) is 0 Å². The molecular weight excluding hydrogens is 298 g/mol. The third-order valence-electron chi connectivity index (χ3n) is 2.87. The van der Waals surface area contributed by atoms with E-state index in [0.29, 0.717) is 5.02 Å². The first kappa shape index (κ1) is 14.8. The van der Waals surface area contributed by atoms with E-state index >= 15 is 0 Å². The molecule has 2 aromatic rings. The van der Waals surface area contributed by atoms with Gasteiger partial charge in [0, 0.05) is 24.0 Å². The Morgan fingerprint density at radius 3 is 2.80 bits per heavy atom. The summed E-state index contributed by atoms with van der Waals surface area (Å²) < 4.78 is 26.9. The van der Waals surface area contributed by atoms with Crippen molar-refractivity contribution in [2.75, 3.05) is 5.73 Å². The summed E-state index contributed by atoms with van der Waals surface area (Å²) in [5.74, 6) is 0. The molecule has 0 unspecified atom stereocenters. The third-order valence-corrected chi connectivity index (χ3v) is 4.56. The van der Waals surface area contributed by atoms with Crippen LogP contribution >= 0.6 is 11.6 Å². The quantitative estimate of drug-likeness (QED) is 0.847. The Labute approximate surface area is 122 Å². The van der Waals surface area contributed by atoms with Crippen molar-refractivity contribution in [1.29, 1.82) is 0 Å². The number of nitrogens with zero attached hydrogens (tertiary/aromatic N) is 1. The molecule has 0 spiro atoms. The Bertz CT molecular complexity index is 732. The second-order valence-electron chi connectivity index (χ2n) is 4.31. The second-order valence-corrected chi connectivity index (χ2v) is 6.48. The molecular formula is C13H14ClN3O2S. The van der Waals surface area contributed by atoms with Crippen molar-refractivity contribution in [2.24, 2.45) is 0 Å². The standard InChI is InChI=1S/C13H14ClN3O2S/c1-9-4-5-16-7-10(9)8-17-20(18,19)13-6-11(14)2-3-12(13)15/h2-7,17H,8,15H2,1H3. The van der Waals surface area contributed by atoms with Crippen LogP contribution < -0.4 is 10.5 Å². The number of nitrogens with two attached hydrogens (primary N) is 1. The van der Waals surface area contributed by atoms with E-state index in [4.69, 9.17) is 17.3 Å². The number of aryl methyl sites for hydroxylation is 1. The van der Waals surface area contributed by atoms with Gasteiger partial charge in [0.2, 0.25) is 10.0 Å². The number of nitrogens with one attached hydrogen (secondary N) is 1. The van der Waals surface area contributed by atoms with Gasteiger partial charge in [0.1, 0.15) is 4.90 Å². The van der Waals surface area contributed by atoms with E-state index in [1.165, 1.54) is 12.1 Å². The van der Waals surface area contributed by atoms with Crippen LogP contribution in [-0.2, 0) is 16.6 Å². The fraction of sp³-hybridized carbons (Fsp3) is 0.154. The van der Waals surface area contributed by atoms with Crippen LogP contribution in [0.4, 0.5) is 5.69 Å². The number of aromatic nitrogens is 1. The highest BCUT2D eigenvalue weighted by Crippen LogP contribution is 2.22. The minimum atomic E-state index is -3.72. The predicted molar refractivity (Wildman–Crippen MR) is 78.9 cm³/mol. The molecule has 0 atom stereocenters. The number of anilines is 1. The maximum Gasteiger partial charge on any atom is 0.242 e. The molecule has 0 aliphatic rings. The first-order valence-electron chi connectivity index (χ1n) is 5.84. The number of benzene rings is 1. The van der Waals surface area contributed by atoms with Crippen LogP contribution in [0, 0.1) is 6.92 Å². The molecule has 0 aliphatic heterocycles. The zero-order valence-electron chi connectivity index (χ0n) is 10.8. The Morgan fingerprint density at radius 2 is 2.10 bits per heavy atom. The van der Waals surface area contributed by atoms with Gasteiger partial charge >= 0.3 is 0 Å². The minimum Gasteiger partial charge on any atom is -0.398 e. The molecule has 0 saturated heterocycles. The summed E-state index contributed by atoms with van der Waals surface area (Å²) in [4.78, 5) is 3.95. The Balaban J connectivity index is 2.24. The average molecular weight is 312 g/mol. The van der Waals surface area contributed by atoms with E-state index in [1.807, 2.05) is 13.0 Å². The topological polar surface area (TPSA) is 85.1 Å².